The number of ether oxygens (including phenoxy) is 1. The molecule has 0 spiro atoms. The normalized spacial score (nSPS) is 33.7. The summed E-state index contributed by atoms with van der Waals surface area (Å²) < 4.78 is 6.12. The summed E-state index contributed by atoms with van der Waals surface area (Å²) in [4.78, 5) is 12.8. The van der Waals surface area contributed by atoms with Gasteiger partial charge in [-0.1, -0.05) is 124 Å². The fraction of sp³-hybridized carbons (Fsp3) is 0.886. The maximum absolute atomic E-state index is 12.8. The quantitative estimate of drug-likeness (QED) is 0.0801. The summed E-state index contributed by atoms with van der Waals surface area (Å²) in [6, 6.07) is 0. The average molecular weight is 637 g/mol. The smallest absolute Gasteiger partial charge is 0.306 e. The molecule has 0 heterocycles. The van der Waals surface area contributed by atoms with Gasteiger partial charge in [0.25, 0.3) is 0 Å². The molecule has 4 aliphatic carbocycles. The number of esters is 1. The van der Waals surface area contributed by atoms with Crippen molar-refractivity contribution < 1.29 is 9.53 Å². The number of fused-ring (bicyclic) bond motifs is 5. The molecule has 264 valence electrons. The van der Waals surface area contributed by atoms with Gasteiger partial charge in [-0.2, -0.15) is 0 Å². The first kappa shape index (κ1) is 37.8. The number of hydrogen-bond donors (Lipinski definition) is 0. The zero-order valence-electron chi connectivity index (χ0n) is 31.7. The van der Waals surface area contributed by atoms with Crippen molar-refractivity contribution in [2.75, 3.05) is 0 Å². The van der Waals surface area contributed by atoms with Gasteiger partial charge in [0.1, 0.15) is 6.10 Å². The van der Waals surface area contributed by atoms with Gasteiger partial charge in [-0.25, -0.2) is 0 Å². The first-order valence-corrected chi connectivity index (χ1v) is 20.6. The Morgan fingerprint density at radius 3 is 2.26 bits per heavy atom. The maximum Gasteiger partial charge on any atom is 0.306 e. The van der Waals surface area contributed by atoms with Crippen LogP contribution in [0.2, 0.25) is 0 Å². The van der Waals surface area contributed by atoms with E-state index in [-0.39, 0.29) is 12.1 Å². The second-order valence-electron chi connectivity index (χ2n) is 17.7. The van der Waals surface area contributed by atoms with E-state index < -0.39 is 0 Å². The Bertz CT molecular complexity index is 976. The zero-order chi connectivity index (χ0) is 33.2. The number of carbonyl (C=O) groups is 1. The van der Waals surface area contributed by atoms with E-state index in [9.17, 15) is 4.79 Å². The third kappa shape index (κ3) is 9.55. The summed E-state index contributed by atoms with van der Waals surface area (Å²) in [5, 5.41) is 0. The lowest BCUT2D eigenvalue weighted by atomic mass is 9.47. The van der Waals surface area contributed by atoms with E-state index in [1.807, 2.05) is 0 Å². The molecule has 3 fully saturated rings. The van der Waals surface area contributed by atoms with Crippen molar-refractivity contribution in [3.63, 3.8) is 0 Å². The molecule has 0 N–H and O–H groups in total. The molecule has 9 atom stereocenters. The Morgan fingerprint density at radius 1 is 0.848 bits per heavy atom. The van der Waals surface area contributed by atoms with Crippen LogP contribution in [0, 0.1) is 52.3 Å². The highest BCUT2D eigenvalue weighted by Crippen LogP contribution is 2.67. The fourth-order valence-electron chi connectivity index (χ4n) is 11.0. The molecule has 3 saturated carbocycles. The molecule has 0 aromatic carbocycles. The van der Waals surface area contributed by atoms with E-state index in [2.05, 4.69) is 66.7 Å². The highest BCUT2D eigenvalue weighted by molar-refractivity contribution is 5.69. The first-order valence-electron chi connectivity index (χ1n) is 20.6. The highest BCUT2D eigenvalue weighted by atomic mass is 16.5. The summed E-state index contributed by atoms with van der Waals surface area (Å²) in [7, 11) is 0. The van der Waals surface area contributed by atoms with E-state index in [1.54, 1.807) is 5.57 Å². The Kier molecular flexibility index (Phi) is 14.8. The lowest BCUT2D eigenvalue weighted by molar-refractivity contribution is -0.151. The third-order valence-electron chi connectivity index (χ3n) is 14.5. The van der Waals surface area contributed by atoms with Crippen molar-refractivity contribution >= 4 is 5.97 Å². The SMILES string of the molecule is CCCCCC/C=C\CCCCCCCC(=O)O[C@H]1CC[C@@]2(C)C(=CC[C@H]3[C@@H]4CC[C@H]([C@H](C)CC[C@@H](C)C(C)C)[C@@]4(C)CC[C@@H]32)C1. The predicted molar refractivity (Wildman–Crippen MR) is 198 cm³/mol. The summed E-state index contributed by atoms with van der Waals surface area (Å²) in [5.74, 6) is 6.08. The fourth-order valence-corrected chi connectivity index (χ4v) is 11.0. The minimum atomic E-state index is 0.0521. The summed E-state index contributed by atoms with van der Waals surface area (Å²) in [6.07, 6.45) is 35.1. The molecule has 0 unspecified atom stereocenters. The third-order valence-corrected chi connectivity index (χ3v) is 14.5. The van der Waals surface area contributed by atoms with Crippen LogP contribution in [0.5, 0.6) is 0 Å². The number of hydrogen-bond acceptors (Lipinski definition) is 2. The van der Waals surface area contributed by atoms with Crippen LogP contribution in [-0.2, 0) is 9.53 Å². The topological polar surface area (TPSA) is 26.3 Å². The van der Waals surface area contributed by atoms with Gasteiger partial charge in [0.2, 0.25) is 0 Å². The van der Waals surface area contributed by atoms with Crippen molar-refractivity contribution in [3.05, 3.63) is 23.8 Å². The molecule has 0 aliphatic heterocycles. The van der Waals surface area contributed by atoms with E-state index in [0.717, 1.165) is 67.1 Å². The monoisotopic (exact) mass is 637 g/mol. The molecule has 0 aromatic rings. The molecule has 4 rings (SSSR count). The first-order chi connectivity index (χ1) is 22.1. The van der Waals surface area contributed by atoms with Gasteiger partial charge in [0, 0.05) is 12.8 Å². The lowest BCUT2D eigenvalue weighted by Gasteiger charge is -2.58. The Hall–Kier alpha value is -1.05. The van der Waals surface area contributed by atoms with Crippen LogP contribution in [0.15, 0.2) is 23.8 Å². The molecule has 0 bridgehead atoms. The van der Waals surface area contributed by atoms with Crippen LogP contribution >= 0.6 is 0 Å². The van der Waals surface area contributed by atoms with E-state index in [0.29, 0.717) is 17.3 Å². The van der Waals surface area contributed by atoms with E-state index in [1.165, 1.54) is 109 Å². The van der Waals surface area contributed by atoms with Gasteiger partial charge in [-0.3, -0.25) is 4.79 Å². The lowest BCUT2D eigenvalue weighted by Crippen LogP contribution is -2.51. The number of allylic oxidation sites excluding steroid dienone is 3. The van der Waals surface area contributed by atoms with Gasteiger partial charge in [0.15, 0.2) is 0 Å². The van der Waals surface area contributed by atoms with Crippen LogP contribution in [0.4, 0.5) is 0 Å². The molecule has 0 radical (unpaired) electrons. The minimum Gasteiger partial charge on any atom is -0.462 e. The van der Waals surface area contributed by atoms with Crippen molar-refractivity contribution in [3.8, 4) is 0 Å². The summed E-state index contributed by atoms with van der Waals surface area (Å²) in [6.45, 7) is 17.4. The van der Waals surface area contributed by atoms with Crippen LogP contribution in [-0.4, -0.2) is 12.1 Å². The van der Waals surface area contributed by atoms with Gasteiger partial charge >= 0.3 is 5.97 Å². The van der Waals surface area contributed by atoms with Crippen molar-refractivity contribution in [2.45, 2.75) is 196 Å². The zero-order valence-corrected chi connectivity index (χ0v) is 31.7. The van der Waals surface area contributed by atoms with Gasteiger partial charge in [0.05, 0.1) is 0 Å². The van der Waals surface area contributed by atoms with Crippen molar-refractivity contribution in [2.24, 2.45) is 52.3 Å². The average Bonchev–Trinajstić information content (AvgIpc) is 3.39. The molecule has 0 saturated heterocycles. The van der Waals surface area contributed by atoms with Gasteiger partial charge in [-0.05, 0) is 129 Å². The Balaban J connectivity index is 1.17. The largest absolute Gasteiger partial charge is 0.462 e. The second-order valence-corrected chi connectivity index (χ2v) is 17.7. The molecular weight excluding hydrogens is 560 g/mol. The minimum absolute atomic E-state index is 0.0521. The molecule has 46 heavy (non-hydrogen) atoms. The molecule has 2 heteroatoms. The Labute approximate surface area is 286 Å². The standard InChI is InChI=1S/C44H76O2/c1-8-9-10-11-12-13-14-15-16-17-18-19-20-21-42(45)46-37-28-30-43(6)36(32-37)24-25-38-40-27-26-39(44(40,7)31-29-41(38)43)35(5)23-22-34(4)33(2)3/h13-14,24,33-35,37-41H,8-12,15-23,25-32H2,1-7H3/b14-13-/t34-,35-,37+,38+,39-,40+,41+,43+,44-/m1/s1. The number of rotatable bonds is 19. The summed E-state index contributed by atoms with van der Waals surface area (Å²) >= 11 is 0. The molecule has 0 amide bonds. The summed E-state index contributed by atoms with van der Waals surface area (Å²) in [5.41, 5.74) is 2.51. The van der Waals surface area contributed by atoms with Crippen LogP contribution in [0.3, 0.4) is 0 Å². The van der Waals surface area contributed by atoms with Crippen LogP contribution in [0.25, 0.3) is 0 Å². The molecule has 4 aliphatic rings. The van der Waals surface area contributed by atoms with Crippen molar-refractivity contribution in [1.29, 1.82) is 0 Å². The van der Waals surface area contributed by atoms with E-state index in [4.69, 9.17) is 4.74 Å². The number of carbonyl (C=O) groups excluding carboxylic acids is 1. The second kappa shape index (κ2) is 18.1. The maximum atomic E-state index is 12.8. The van der Waals surface area contributed by atoms with Gasteiger partial charge in [-0.15, -0.1) is 0 Å². The molecule has 2 nitrogen and oxygen atoms in total. The van der Waals surface area contributed by atoms with Gasteiger partial charge < -0.3 is 4.74 Å². The van der Waals surface area contributed by atoms with Crippen LogP contribution < -0.4 is 0 Å². The highest BCUT2D eigenvalue weighted by Gasteiger charge is 2.59. The Morgan fingerprint density at radius 2 is 1.54 bits per heavy atom. The van der Waals surface area contributed by atoms with Crippen molar-refractivity contribution in [1.82, 2.24) is 0 Å². The number of unbranched alkanes of at least 4 members (excludes halogenated alkanes) is 9. The molecular formula is C44H76O2. The van der Waals surface area contributed by atoms with Crippen LogP contribution in [0.1, 0.15) is 190 Å². The predicted octanol–water partition coefficient (Wildman–Crippen LogP) is 13.4. The van der Waals surface area contributed by atoms with E-state index >= 15 is 0 Å². The molecule has 0 aromatic heterocycles.